The Hall–Kier alpha value is -2.28. The molecular weight excluding hydrogens is 284 g/mol. The summed E-state index contributed by atoms with van der Waals surface area (Å²) in [6, 6.07) is 4.04. The van der Waals surface area contributed by atoms with Crippen LogP contribution in [0.25, 0.3) is 10.2 Å². The Morgan fingerprint density at radius 3 is 2.90 bits per heavy atom. The van der Waals surface area contributed by atoms with Crippen LogP contribution in [0.1, 0.15) is 17.5 Å². The lowest BCUT2D eigenvalue weighted by atomic mass is 10.3. The zero-order valence-electron chi connectivity index (χ0n) is 11.9. The Labute approximate surface area is 126 Å². The van der Waals surface area contributed by atoms with Gasteiger partial charge in [0, 0.05) is 18.1 Å². The van der Waals surface area contributed by atoms with Crippen LogP contribution >= 0.6 is 11.3 Å². The van der Waals surface area contributed by atoms with Crippen molar-refractivity contribution in [1.29, 1.82) is 0 Å². The fourth-order valence-corrected chi connectivity index (χ4v) is 2.96. The molecule has 0 unspecified atom stereocenters. The molecule has 3 rings (SSSR count). The zero-order chi connectivity index (χ0) is 14.7. The topological polar surface area (TPSA) is 75.6 Å². The molecule has 108 valence electrons. The van der Waals surface area contributed by atoms with Crippen molar-refractivity contribution >= 4 is 33.3 Å². The fourth-order valence-electron chi connectivity index (χ4n) is 1.99. The van der Waals surface area contributed by atoms with E-state index in [0.717, 1.165) is 28.1 Å². The number of rotatable bonds is 5. The van der Waals surface area contributed by atoms with Crippen LogP contribution < -0.4 is 10.6 Å². The molecule has 0 saturated heterocycles. The van der Waals surface area contributed by atoms with Gasteiger partial charge in [0.2, 0.25) is 5.95 Å². The molecule has 0 amide bonds. The number of aryl methyl sites for hydroxylation is 1. The monoisotopic (exact) mass is 300 g/mol. The van der Waals surface area contributed by atoms with Crippen LogP contribution in [0, 0.1) is 0 Å². The Balaban J connectivity index is 1.94. The van der Waals surface area contributed by atoms with E-state index in [9.17, 15) is 0 Å². The molecule has 3 aromatic heterocycles. The summed E-state index contributed by atoms with van der Waals surface area (Å²) in [5, 5.41) is 7.41. The van der Waals surface area contributed by atoms with Gasteiger partial charge in [0.1, 0.15) is 17.0 Å². The summed E-state index contributed by atoms with van der Waals surface area (Å²) in [6.07, 6.45) is 4.28. The molecule has 0 aliphatic rings. The summed E-state index contributed by atoms with van der Waals surface area (Å²) in [5.41, 5.74) is 0.925. The molecular formula is C14H16N6S. The molecule has 0 radical (unpaired) electrons. The standard InChI is InChI=1S/C14H16N6S/c1-3-10-6-11-12(17-7-9-4-5-16-8-18-9)19-14(15-2)20-13(11)21-10/h4-6,8H,3,7H2,1-2H3,(H2,15,17,19,20). The van der Waals surface area contributed by atoms with Crippen molar-refractivity contribution < 1.29 is 0 Å². The first-order chi connectivity index (χ1) is 10.3. The van der Waals surface area contributed by atoms with E-state index >= 15 is 0 Å². The second-order valence-corrected chi connectivity index (χ2v) is 5.60. The number of hydrogen-bond donors (Lipinski definition) is 2. The average Bonchev–Trinajstić information content (AvgIpc) is 2.96. The lowest BCUT2D eigenvalue weighted by Gasteiger charge is -2.08. The van der Waals surface area contributed by atoms with Gasteiger partial charge in [0.05, 0.1) is 17.6 Å². The molecule has 3 aromatic rings. The molecule has 3 heterocycles. The SMILES string of the molecule is CCc1cc2c(NCc3ccncn3)nc(NC)nc2s1. The maximum absolute atomic E-state index is 4.51. The van der Waals surface area contributed by atoms with Gasteiger partial charge in [0.25, 0.3) is 0 Å². The van der Waals surface area contributed by atoms with Gasteiger partial charge in [-0.05, 0) is 18.6 Å². The van der Waals surface area contributed by atoms with E-state index in [-0.39, 0.29) is 0 Å². The first-order valence-electron chi connectivity index (χ1n) is 6.77. The predicted octanol–water partition coefficient (Wildman–Crippen LogP) is 2.70. The minimum Gasteiger partial charge on any atom is -0.364 e. The average molecular weight is 300 g/mol. The third kappa shape index (κ3) is 2.92. The summed E-state index contributed by atoms with van der Waals surface area (Å²) < 4.78 is 0. The molecule has 0 aliphatic heterocycles. The highest BCUT2D eigenvalue weighted by molar-refractivity contribution is 7.18. The third-order valence-corrected chi connectivity index (χ3v) is 4.27. The third-order valence-electron chi connectivity index (χ3n) is 3.10. The maximum atomic E-state index is 4.51. The van der Waals surface area contributed by atoms with Crippen LogP contribution in [0.5, 0.6) is 0 Å². The Bertz CT molecular complexity index is 740. The van der Waals surface area contributed by atoms with Gasteiger partial charge in [-0.15, -0.1) is 11.3 Å². The van der Waals surface area contributed by atoms with E-state index in [1.807, 2.05) is 13.1 Å². The molecule has 0 atom stereocenters. The molecule has 0 saturated carbocycles. The highest BCUT2D eigenvalue weighted by atomic mass is 32.1. The Morgan fingerprint density at radius 1 is 1.29 bits per heavy atom. The molecule has 2 N–H and O–H groups in total. The highest BCUT2D eigenvalue weighted by Crippen LogP contribution is 2.30. The number of thiophene rings is 1. The molecule has 0 aromatic carbocycles. The molecule has 0 aliphatic carbocycles. The van der Waals surface area contributed by atoms with Crippen LogP contribution in [0.15, 0.2) is 24.7 Å². The molecule has 6 nitrogen and oxygen atoms in total. The van der Waals surface area contributed by atoms with E-state index in [2.05, 4.69) is 43.6 Å². The molecule has 0 bridgehead atoms. The van der Waals surface area contributed by atoms with Gasteiger partial charge in [0.15, 0.2) is 0 Å². The quantitative estimate of drug-likeness (QED) is 0.754. The predicted molar refractivity (Wildman–Crippen MR) is 85.7 cm³/mol. The number of nitrogens with zero attached hydrogens (tertiary/aromatic N) is 4. The zero-order valence-corrected chi connectivity index (χ0v) is 12.7. The summed E-state index contributed by atoms with van der Waals surface area (Å²) >= 11 is 1.71. The van der Waals surface area contributed by atoms with Crippen molar-refractivity contribution in [3.8, 4) is 0 Å². The molecule has 7 heteroatoms. The normalized spacial score (nSPS) is 10.8. The van der Waals surface area contributed by atoms with Crippen molar-refractivity contribution in [2.45, 2.75) is 19.9 Å². The van der Waals surface area contributed by atoms with Gasteiger partial charge in [-0.25, -0.2) is 15.0 Å². The first kappa shape index (κ1) is 13.7. The summed E-state index contributed by atoms with van der Waals surface area (Å²) in [6.45, 7) is 2.75. The largest absolute Gasteiger partial charge is 0.364 e. The molecule has 0 fully saturated rings. The van der Waals surface area contributed by atoms with Crippen LogP contribution in [0.2, 0.25) is 0 Å². The maximum Gasteiger partial charge on any atom is 0.225 e. The lowest BCUT2D eigenvalue weighted by Crippen LogP contribution is -2.06. The first-order valence-corrected chi connectivity index (χ1v) is 7.58. The highest BCUT2D eigenvalue weighted by Gasteiger charge is 2.10. The minimum atomic E-state index is 0.606. The number of aromatic nitrogens is 4. The number of fused-ring (bicyclic) bond motifs is 1. The van der Waals surface area contributed by atoms with Crippen LogP contribution in [0.4, 0.5) is 11.8 Å². The van der Waals surface area contributed by atoms with Gasteiger partial charge in [-0.3, -0.25) is 0 Å². The smallest absolute Gasteiger partial charge is 0.225 e. The van der Waals surface area contributed by atoms with E-state index in [0.29, 0.717) is 12.5 Å². The Kier molecular flexibility index (Phi) is 3.92. The second kappa shape index (κ2) is 6.01. The summed E-state index contributed by atoms with van der Waals surface area (Å²) in [7, 11) is 1.82. The second-order valence-electron chi connectivity index (χ2n) is 4.49. The van der Waals surface area contributed by atoms with Crippen molar-refractivity contribution in [2.75, 3.05) is 17.7 Å². The molecule has 0 spiro atoms. The van der Waals surface area contributed by atoms with Crippen molar-refractivity contribution in [2.24, 2.45) is 0 Å². The Morgan fingerprint density at radius 2 is 2.19 bits per heavy atom. The van der Waals surface area contributed by atoms with E-state index in [1.54, 1.807) is 23.9 Å². The summed E-state index contributed by atoms with van der Waals surface area (Å²) in [5.74, 6) is 1.45. The number of hydrogen-bond acceptors (Lipinski definition) is 7. The fraction of sp³-hybridized carbons (Fsp3) is 0.286. The van der Waals surface area contributed by atoms with Crippen molar-refractivity contribution in [1.82, 2.24) is 19.9 Å². The molecule has 21 heavy (non-hydrogen) atoms. The van der Waals surface area contributed by atoms with Gasteiger partial charge in [-0.1, -0.05) is 6.92 Å². The van der Waals surface area contributed by atoms with Crippen LogP contribution in [0.3, 0.4) is 0 Å². The number of anilines is 2. The van der Waals surface area contributed by atoms with Gasteiger partial charge < -0.3 is 10.6 Å². The van der Waals surface area contributed by atoms with E-state index in [4.69, 9.17) is 0 Å². The van der Waals surface area contributed by atoms with E-state index in [1.165, 1.54) is 4.88 Å². The van der Waals surface area contributed by atoms with Gasteiger partial charge >= 0.3 is 0 Å². The van der Waals surface area contributed by atoms with Crippen LogP contribution in [-0.4, -0.2) is 27.0 Å². The number of nitrogens with one attached hydrogen (secondary N) is 2. The van der Waals surface area contributed by atoms with E-state index < -0.39 is 0 Å². The van der Waals surface area contributed by atoms with Gasteiger partial charge in [-0.2, -0.15) is 4.98 Å². The summed E-state index contributed by atoms with van der Waals surface area (Å²) in [4.78, 5) is 19.4. The van der Waals surface area contributed by atoms with Crippen LogP contribution in [-0.2, 0) is 13.0 Å². The van der Waals surface area contributed by atoms with Crippen molar-refractivity contribution in [3.05, 3.63) is 35.2 Å². The lowest BCUT2D eigenvalue weighted by molar-refractivity contribution is 0.997. The minimum absolute atomic E-state index is 0.606. The van der Waals surface area contributed by atoms with Crippen molar-refractivity contribution in [3.63, 3.8) is 0 Å².